The van der Waals surface area contributed by atoms with E-state index in [0.717, 1.165) is 12.5 Å². The number of halogens is 3. The molecule has 2 amide bonds. The van der Waals surface area contributed by atoms with Crippen molar-refractivity contribution in [2.45, 2.75) is 49.7 Å². The number of nitrogens with zero attached hydrogens (tertiary/aromatic N) is 2. The van der Waals surface area contributed by atoms with Gasteiger partial charge in [-0.25, -0.2) is 27.0 Å². The highest BCUT2D eigenvalue weighted by Crippen LogP contribution is 2.33. The number of fused-ring (bicyclic) bond motifs is 2. The summed E-state index contributed by atoms with van der Waals surface area (Å²) in [4.78, 5) is 30.0. The third-order valence-corrected chi connectivity index (χ3v) is 10.7. The van der Waals surface area contributed by atoms with Gasteiger partial charge < -0.3 is 25.8 Å². The van der Waals surface area contributed by atoms with Crippen molar-refractivity contribution in [1.82, 2.24) is 19.9 Å². The smallest absolute Gasteiger partial charge is 0.405 e. The van der Waals surface area contributed by atoms with Crippen LogP contribution in [-0.4, -0.2) is 78.9 Å². The predicted octanol–water partition coefficient (Wildman–Crippen LogP) is 4.13. The highest BCUT2D eigenvalue weighted by atomic mass is 35.5. The van der Waals surface area contributed by atoms with Gasteiger partial charge in [0.05, 0.1) is 17.9 Å². The zero-order valence-electron chi connectivity index (χ0n) is 24.9. The Labute approximate surface area is 270 Å². The lowest BCUT2D eigenvalue weighted by Gasteiger charge is -2.37. The van der Waals surface area contributed by atoms with E-state index in [9.17, 15) is 27.5 Å². The van der Waals surface area contributed by atoms with Crippen LogP contribution in [0.25, 0.3) is 0 Å². The molecular weight excluding hydrogens is 644 g/mol. The summed E-state index contributed by atoms with van der Waals surface area (Å²) in [5, 5.41) is 17.9. The number of nitrogens with one attached hydrogen (secondary N) is 3. The second-order valence-electron chi connectivity index (χ2n) is 11.3. The van der Waals surface area contributed by atoms with Crippen LogP contribution < -0.4 is 20.7 Å². The molecule has 2 bridgehead atoms. The number of amides is 2. The number of carbonyl (C=O) groups is 2. The molecule has 3 aromatic rings. The van der Waals surface area contributed by atoms with Gasteiger partial charge in [0.2, 0.25) is 21.8 Å². The highest BCUT2D eigenvalue weighted by molar-refractivity contribution is 7.89. The summed E-state index contributed by atoms with van der Waals surface area (Å²) < 4.78 is 62.5. The van der Waals surface area contributed by atoms with Gasteiger partial charge in [-0.15, -0.1) is 0 Å². The summed E-state index contributed by atoms with van der Waals surface area (Å²) in [6, 6.07) is 9.15. The molecule has 46 heavy (non-hydrogen) atoms. The van der Waals surface area contributed by atoms with Crippen molar-refractivity contribution in [1.29, 1.82) is 0 Å². The first kappa shape index (κ1) is 33.5. The predicted molar refractivity (Wildman–Crippen MR) is 168 cm³/mol. The zero-order valence-corrected chi connectivity index (χ0v) is 26.5. The van der Waals surface area contributed by atoms with Gasteiger partial charge in [0.25, 0.3) is 0 Å². The number of anilines is 1. The molecule has 2 aromatic carbocycles. The minimum absolute atomic E-state index is 0.0582. The normalized spacial score (nSPS) is 21.8. The van der Waals surface area contributed by atoms with E-state index in [1.165, 1.54) is 60.1 Å². The van der Waals surface area contributed by atoms with Gasteiger partial charge in [-0.05, 0) is 67.1 Å². The van der Waals surface area contributed by atoms with Crippen LogP contribution in [0.5, 0.6) is 5.88 Å². The van der Waals surface area contributed by atoms with E-state index < -0.39 is 51.7 Å². The number of carbonyl (C=O) groups excluding carboxylic acids is 1. The molecule has 0 saturated carbocycles. The fraction of sp³-hybridized carbons (Fsp3) is 0.387. The highest BCUT2D eigenvalue weighted by Gasteiger charge is 2.38. The average molecular weight is 678 g/mol. The van der Waals surface area contributed by atoms with Crippen LogP contribution in [-0.2, 0) is 21.2 Å². The molecule has 4 N–H and O–H groups in total. The molecule has 0 spiro atoms. The summed E-state index contributed by atoms with van der Waals surface area (Å²) in [6.45, 7) is 0.766. The number of ether oxygens (including phenoxy) is 1. The molecule has 11 nitrogen and oxygen atoms in total. The molecule has 3 heterocycles. The van der Waals surface area contributed by atoms with Crippen LogP contribution in [0.3, 0.4) is 0 Å². The Bertz CT molecular complexity index is 1710. The van der Waals surface area contributed by atoms with Crippen LogP contribution >= 0.6 is 11.6 Å². The van der Waals surface area contributed by atoms with E-state index in [1.54, 1.807) is 0 Å². The number of carboxylic acid groups (broad SMARTS) is 1. The Hall–Kier alpha value is -3.85. The van der Waals surface area contributed by atoms with Gasteiger partial charge >= 0.3 is 6.09 Å². The first-order chi connectivity index (χ1) is 22.0. The number of sulfonamides is 1. The van der Waals surface area contributed by atoms with Crippen molar-refractivity contribution in [3.05, 3.63) is 88.1 Å². The molecule has 2 saturated heterocycles. The Morgan fingerprint density at radius 3 is 2.70 bits per heavy atom. The van der Waals surface area contributed by atoms with Crippen LogP contribution in [0.1, 0.15) is 41.9 Å². The summed E-state index contributed by atoms with van der Waals surface area (Å²) in [6.07, 6.45) is 1.57. The molecule has 1 aromatic heterocycles. The van der Waals surface area contributed by atoms with Gasteiger partial charge in [0, 0.05) is 54.6 Å². The van der Waals surface area contributed by atoms with Gasteiger partial charge in [0.15, 0.2) is 0 Å². The molecule has 246 valence electrons. The van der Waals surface area contributed by atoms with Crippen molar-refractivity contribution in [3.63, 3.8) is 0 Å². The lowest BCUT2D eigenvalue weighted by molar-refractivity contribution is -0.118. The van der Waals surface area contributed by atoms with Gasteiger partial charge in [0.1, 0.15) is 17.7 Å². The molecule has 2 aliphatic heterocycles. The summed E-state index contributed by atoms with van der Waals surface area (Å²) in [5.74, 6) is -3.09. The first-order valence-electron chi connectivity index (χ1n) is 14.7. The summed E-state index contributed by atoms with van der Waals surface area (Å²) in [7, 11) is -2.08. The maximum atomic E-state index is 15.3. The van der Waals surface area contributed by atoms with Crippen LogP contribution in [0.4, 0.5) is 19.3 Å². The largest absolute Gasteiger partial charge is 0.481 e. The fourth-order valence-corrected chi connectivity index (χ4v) is 8.07. The second kappa shape index (κ2) is 14.3. The van der Waals surface area contributed by atoms with Crippen LogP contribution in [0.2, 0.25) is 5.02 Å². The first-order valence-corrected chi connectivity index (χ1v) is 16.7. The number of benzene rings is 2. The average Bonchev–Trinajstić information content (AvgIpc) is 3.13. The topological polar surface area (TPSA) is 150 Å². The number of pyridine rings is 1. The van der Waals surface area contributed by atoms with E-state index in [0.29, 0.717) is 25.1 Å². The molecule has 15 heteroatoms. The number of aromatic nitrogens is 1. The lowest BCUT2D eigenvalue weighted by Crippen LogP contribution is -2.57. The van der Waals surface area contributed by atoms with Gasteiger partial charge in [-0.2, -0.15) is 4.31 Å². The number of piperazine rings is 1. The zero-order chi connectivity index (χ0) is 33.0. The van der Waals surface area contributed by atoms with Crippen LogP contribution in [0, 0.1) is 11.6 Å². The third kappa shape index (κ3) is 7.57. The summed E-state index contributed by atoms with van der Waals surface area (Å²) >= 11 is 5.91. The minimum Gasteiger partial charge on any atom is -0.481 e. The van der Waals surface area contributed by atoms with E-state index in [2.05, 4.69) is 20.9 Å². The quantitative estimate of drug-likeness (QED) is 0.250. The van der Waals surface area contributed by atoms with Crippen LogP contribution in [0.15, 0.2) is 54.7 Å². The third-order valence-electron chi connectivity index (χ3n) is 8.39. The second-order valence-corrected chi connectivity index (χ2v) is 13.7. The van der Waals surface area contributed by atoms with Gasteiger partial charge in [-0.1, -0.05) is 23.7 Å². The van der Waals surface area contributed by atoms with E-state index in [-0.39, 0.29) is 52.4 Å². The van der Waals surface area contributed by atoms with Crippen molar-refractivity contribution >= 4 is 39.3 Å². The number of hydrogen-bond acceptors (Lipinski definition) is 7. The number of methoxy groups -OCH3 is 1. The Morgan fingerprint density at radius 1 is 1.17 bits per heavy atom. The Kier molecular flexibility index (Phi) is 10.4. The van der Waals surface area contributed by atoms with E-state index in [4.69, 9.17) is 16.3 Å². The summed E-state index contributed by atoms with van der Waals surface area (Å²) in [5.41, 5.74) is 0.837. The number of hydrogen-bond donors (Lipinski definition) is 4. The monoisotopic (exact) mass is 677 g/mol. The molecule has 3 unspecified atom stereocenters. The molecule has 0 aliphatic carbocycles. The SMILES string of the molecule is COc1cc([C@H](c2ccc(Cl)c(F)c2)[C@H](NC(=O)O)C(=O)Nc2cccc(F)c2CCC2CNC3CCCS(=O)(=O)N2C3)ccn1. The van der Waals surface area contributed by atoms with Crippen molar-refractivity contribution in [2.24, 2.45) is 0 Å². The molecule has 5 atom stereocenters. The lowest BCUT2D eigenvalue weighted by atomic mass is 9.84. The molecule has 0 radical (unpaired) electrons. The van der Waals surface area contributed by atoms with E-state index in [1.807, 2.05) is 0 Å². The molecule has 2 fully saturated rings. The maximum absolute atomic E-state index is 15.3. The maximum Gasteiger partial charge on any atom is 0.405 e. The molecular formula is C31H34ClF2N5O6S. The molecule has 2 aliphatic rings. The minimum atomic E-state index is -3.46. The standard InChI is InChI=1S/C31H34ClF2N5O6S/c1-45-27-15-19(11-12-35-27)28(18-7-10-23(32)25(34)14-18)29(38-31(41)42)30(40)37-26-6-2-5-24(33)22(26)9-8-21-16-36-20-4-3-13-46(43,44)39(21)17-20/h2,5-7,10-12,14-15,20-21,28-29,36,38H,3-4,8-9,13,16-17H2,1H3,(H,37,40)(H,41,42)/t20?,21?,28-,29-/m0/s1. The van der Waals surface area contributed by atoms with Gasteiger partial charge in [-0.3, -0.25) is 4.79 Å². The van der Waals surface area contributed by atoms with Crippen molar-refractivity contribution in [3.8, 4) is 5.88 Å². The Balaban J connectivity index is 1.45. The molecule has 5 rings (SSSR count). The van der Waals surface area contributed by atoms with Crippen molar-refractivity contribution < 1.29 is 36.6 Å². The van der Waals surface area contributed by atoms with Crippen molar-refractivity contribution in [2.75, 3.05) is 31.3 Å². The van der Waals surface area contributed by atoms with E-state index >= 15 is 4.39 Å². The number of rotatable bonds is 10. The fourth-order valence-electron chi connectivity index (χ4n) is 6.14. The Morgan fingerprint density at radius 2 is 1.96 bits per heavy atom.